The second-order valence-electron chi connectivity index (χ2n) is 7.01. The van der Waals surface area contributed by atoms with Gasteiger partial charge < -0.3 is 15.0 Å². The van der Waals surface area contributed by atoms with Crippen molar-refractivity contribution in [3.05, 3.63) is 58.1 Å². The maximum atomic E-state index is 12.7. The summed E-state index contributed by atoms with van der Waals surface area (Å²) < 4.78 is 5.51. The highest BCUT2D eigenvalue weighted by atomic mass is 16.6. The number of hydrogen-bond acceptors (Lipinski definition) is 5. The van der Waals surface area contributed by atoms with Crippen LogP contribution in [0.1, 0.15) is 37.0 Å². The van der Waals surface area contributed by atoms with E-state index in [1.165, 1.54) is 6.07 Å². The number of amides is 1. The van der Waals surface area contributed by atoms with Crippen LogP contribution in [0.2, 0.25) is 0 Å². The van der Waals surface area contributed by atoms with E-state index >= 15 is 0 Å². The van der Waals surface area contributed by atoms with Crippen LogP contribution in [0.3, 0.4) is 0 Å². The molecule has 0 bridgehead atoms. The molecule has 0 aromatic heterocycles. The molecule has 0 spiro atoms. The van der Waals surface area contributed by atoms with Gasteiger partial charge in [0.2, 0.25) is 0 Å². The van der Waals surface area contributed by atoms with Gasteiger partial charge in [0.15, 0.2) is 0 Å². The predicted molar refractivity (Wildman–Crippen MR) is 109 cm³/mol. The van der Waals surface area contributed by atoms with Gasteiger partial charge in [-0.3, -0.25) is 14.9 Å². The van der Waals surface area contributed by atoms with E-state index < -0.39 is 10.8 Å². The van der Waals surface area contributed by atoms with Crippen LogP contribution in [-0.2, 0) is 0 Å². The molecular formula is C21H25N3O4. The van der Waals surface area contributed by atoms with Gasteiger partial charge in [0, 0.05) is 24.7 Å². The van der Waals surface area contributed by atoms with E-state index in [1.807, 2.05) is 17.9 Å². The number of benzene rings is 2. The molecule has 0 aliphatic carbocycles. The zero-order chi connectivity index (χ0) is 20.1. The van der Waals surface area contributed by atoms with Crippen molar-refractivity contribution in [2.45, 2.75) is 26.7 Å². The van der Waals surface area contributed by atoms with Crippen molar-refractivity contribution in [2.24, 2.45) is 5.92 Å². The Balaban J connectivity index is 1.84. The van der Waals surface area contributed by atoms with Crippen molar-refractivity contribution in [3.63, 3.8) is 0 Å². The molecule has 1 saturated heterocycles. The lowest BCUT2D eigenvalue weighted by atomic mass is 9.98. The Hall–Kier alpha value is -3.09. The predicted octanol–water partition coefficient (Wildman–Crippen LogP) is 4.48. The summed E-state index contributed by atoms with van der Waals surface area (Å²) in [4.78, 5) is 25.9. The smallest absolute Gasteiger partial charge is 0.293 e. The van der Waals surface area contributed by atoms with E-state index in [2.05, 4.69) is 12.2 Å². The van der Waals surface area contributed by atoms with Gasteiger partial charge in [-0.05, 0) is 49.9 Å². The van der Waals surface area contributed by atoms with Crippen molar-refractivity contribution in [1.82, 2.24) is 0 Å². The number of anilines is 2. The molecule has 0 unspecified atom stereocenters. The molecule has 7 heteroatoms. The highest BCUT2D eigenvalue weighted by Crippen LogP contribution is 2.33. The fraction of sp³-hybridized carbons (Fsp3) is 0.381. The number of nitrogens with zero attached hydrogens (tertiary/aromatic N) is 2. The number of carbonyl (C=O) groups excluding carboxylic acids is 1. The average Bonchev–Trinajstić information content (AvgIpc) is 2.70. The summed E-state index contributed by atoms with van der Waals surface area (Å²) in [5, 5.41) is 14.4. The summed E-state index contributed by atoms with van der Waals surface area (Å²) in [5.41, 5.74) is 1.31. The van der Waals surface area contributed by atoms with Gasteiger partial charge in [0.05, 0.1) is 17.2 Å². The number of ether oxygens (including phenoxy) is 1. The first kappa shape index (κ1) is 19.7. The van der Waals surface area contributed by atoms with Gasteiger partial charge in [0.25, 0.3) is 11.6 Å². The number of carbonyl (C=O) groups is 1. The minimum absolute atomic E-state index is 0.0414. The van der Waals surface area contributed by atoms with Crippen LogP contribution < -0.4 is 15.0 Å². The molecule has 2 aromatic rings. The maximum Gasteiger partial charge on any atom is 0.293 e. The minimum Gasteiger partial charge on any atom is -0.492 e. The highest BCUT2D eigenvalue weighted by molar-refractivity contribution is 6.05. The Kier molecular flexibility index (Phi) is 6.13. The van der Waals surface area contributed by atoms with E-state index in [0.717, 1.165) is 25.9 Å². The van der Waals surface area contributed by atoms with E-state index in [4.69, 9.17) is 4.74 Å². The van der Waals surface area contributed by atoms with Crippen LogP contribution in [0.5, 0.6) is 5.75 Å². The SMILES string of the molecule is CCOc1ccccc1NC(=O)c1ccc(N2CCC(C)CC2)c([N+](=O)[O-])c1. The molecule has 1 aliphatic heterocycles. The largest absolute Gasteiger partial charge is 0.492 e. The van der Waals surface area contributed by atoms with Crippen molar-refractivity contribution >= 4 is 23.0 Å². The Bertz CT molecular complexity index is 860. The zero-order valence-corrected chi connectivity index (χ0v) is 16.2. The minimum atomic E-state index is -0.418. The van der Waals surface area contributed by atoms with E-state index in [-0.39, 0.29) is 11.3 Å². The Morgan fingerprint density at radius 2 is 1.96 bits per heavy atom. The second kappa shape index (κ2) is 8.73. The summed E-state index contributed by atoms with van der Waals surface area (Å²) in [6, 6.07) is 11.8. The fourth-order valence-electron chi connectivity index (χ4n) is 3.37. The van der Waals surface area contributed by atoms with Gasteiger partial charge >= 0.3 is 0 Å². The lowest BCUT2D eigenvalue weighted by molar-refractivity contribution is -0.384. The first-order valence-electron chi connectivity index (χ1n) is 9.56. The highest BCUT2D eigenvalue weighted by Gasteiger charge is 2.25. The third-order valence-corrected chi connectivity index (χ3v) is 4.99. The Morgan fingerprint density at radius 1 is 1.25 bits per heavy atom. The molecule has 1 fully saturated rings. The average molecular weight is 383 g/mol. The standard InChI is InChI=1S/C21H25N3O4/c1-3-28-20-7-5-4-6-17(20)22-21(25)16-8-9-18(19(14-16)24(26)27)23-12-10-15(2)11-13-23/h4-9,14-15H,3,10-13H2,1-2H3,(H,22,25). The monoisotopic (exact) mass is 383 g/mol. The molecular weight excluding hydrogens is 358 g/mol. The van der Waals surface area contributed by atoms with Crippen LogP contribution in [0.25, 0.3) is 0 Å². The molecule has 1 heterocycles. The fourth-order valence-corrected chi connectivity index (χ4v) is 3.37. The molecule has 3 rings (SSSR count). The molecule has 148 valence electrons. The summed E-state index contributed by atoms with van der Waals surface area (Å²) in [5.74, 6) is 0.784. The quantitative estimate of drug-likeness (QED) is 0.587. The lowest BCUT2D eigenvalue weighted by Crippen LogP contribution is -2.33. The van der Waals surface area contributed by atoms with Gasteiger partial charge in [0.1, 0.15) is 11.4 Å². The van der Waals surface area contributed by atoms with E-state index in [9.17, 15) is 14.9 Å². The Labute approximate surface area is 164 Å². The van der Waals surface area contributed by atoms with Gasteiger partial charge in [-0.15, -0.1) is 0 Å². The first-order valence-corrected chi connectivity index (χ1v) is 9.56. The zero-order valence-electron chi connectivity index (χ0n) is 16.2. The van der Waals surface area contributed by atoms with E-state index in [0.29, 0.717) is 29.6 Å². The number of nitro groups is 1. The molecule has 7 nitrogen and oxygen atoms in total. The van der Waals surface area contributed by atoms with Crippen LogP contribution in [0.4, 0.5) is 17.1 Å². The van der Waals surface area contributed by atoms with Gasteiger partial charge in [-0.25, -0.2) is 0 Å². The topological polar surface area (TPSA) is 84.7 Å². The van der Waals surface area contributed by atoms with Crippen molar-refractivity contribution < 1.29 is 14.5 Å². The summed E-state index contributed by atoms with van der Waals surface area (Å²) >= 11 is 0. The third kappa shape index (κ3) is 4.42. The van der Waals surface area contributed by atoms with Crippen molar-refractivity contribution in [1.29, 1.82) is 0 Å². The number of rotatable bonds is 6. The summed E-state index contributed by atoms with van der Waals surface area (Å²) in [7, 11) is 0. The number of nitro benzene ring substituents is 1. The first-order chi connectivity index (χ1) is 13.5. The van der Waals surface area contributed by atoms with Gasteiger partial charge in [-0.2, -0.15) is 0 Å². The molecule has 0 radical (unpaired) electrons. The second-order valence-corrected chi connectivity index (χ2v) is 7.01. The molecule has 1 N–H and O–H groups in total. The summed E-state index contributed by atoms with van der Waals surface area (Å²) in [6.45, 7) is 6.10. The summed E-state index contributed by atoms with van der Waals surface area (Å²) in [6.07, 6.45) is 2.02. The molecule has 2 aromatic carbocycles. The van der Waals surface area contributed by atoms with Crippen LogP contribution in [0.15, 0.2) is 42.5 Å². The van der Waals surface area contributed by atoms with Gasteiger partial charge in [-0.1, -0.05) is 19.1 Å². The molecule has 0 saturated carbocycles. The molecule has 28 heavy (non-hydrogen) atoms. The van der Waals surface area contributed by atoms with Crippen LogP contribution in [-0.4, -0.2) is 30.5 Å². The molecule has 1 amide bonds. The normalized spacial score (nSPS) is 14.6. The number of piperidine rings is 1. The number of hydrogen-bond donors (Lipinski definition) is 1. The van der Waals surface area contributed by atoms with Crippen molar-refractivity contribution in [3.8, 4) is 5.75 Å². The van der Waals surface area contributed by atoms with Crippen LogP contribution >= 0.6 is 0 Å². The van der Waals surface area contributed by atoms with E-state index in [1.54, 1.807) is 30.3 Å². The Morgan fingerprint density at radius 3 is 2.64 bits per heavy atom. The van der Waals surface area contributed by atoms with Crippen LogP contribution in [0, 0.1) is 16.0 Å². The maximum absolute atomic E-state index is 12.7. The molecule has 1 aliphatic rings. The number of para-hydroxylation sites is 2. The lowest BCUT2D eigenvalue weighted by Gasteiger charge is -2.31. The van der Waals surface area contributed by atoms with Crippen molar-refractivity contribution in [2.75, 3.05) is 29.9 Å². The number of nitrogens with one attached hydrogen (secondary N) is 1. The third-order valence-electron chi connectivity index (χ3n) is 4.99. The molecule has 0 atom stereocenters.